The molecule has 0 saturated carbocycles. The van der Waals surface area contributed by atoms with E-state index in [9.17, 15) is 14.9 Å². The van der Waals surface area contributed by atoms with Crippen LogP contribution in [0, 0.1) is 10.1 Å². The summed E-state index contributed by atoms with van der Waals surface area (Å²) in [6, 6.07) is 6.78. The Morgan fingerprint density at radius 3 is 2.91 bits per heavy atom. The molecule has 23 heavy (non-hydrogen) atoms. The molecule has 120 valence electrons. The average molecular weight is 314 g/mol. The maximum Gasteiger partial charge on any atom is 0.293 e. The molecular formula is C16H18N4O3. The van der Waals surface area contributed by atoms with E-state index in [1.165, 1.54) is 13.0 Å². The van der Waals surface area contributed by atoms with Crippen molar-refractivity contribution in [3.05, 3.63) is 52.3 Å². The van der Waals surface area contributed by atoms with Gasteiger partial charge in [0, 0.05) is 37.1 Å². The molecule has 0 radical (unpaired) electrons. The van der Waals surface area contributed by atoms with Gasteiger partial charge in [-0.05, 0) is 38.0 Å². The second kappa shape index (κ2) is 6.20. The Hall–Kier alpha value is -2.70. The number of aromatic nitrogens is 2. The fraction of sp³-hybridized carbons (Fsp3) is 0.375. The maximum atomic E-state index is 11.5. The summed E-state index contributed by atoms with van der Waals surface area (Å²) < 4.78 is 1.90. The first kappa shape index (κ1) is 15.2. The average Bonchev–Trinajstić information content (AvgIpc) is 3.09. The molecule has 0 N–H and O–H groups in total. The number of ketones is 1. The highest BCUT2D eigenvalue weighted by molar-refractivity contribution is 5.95. The molecule has 2 heterocycles. The minimum absolute atomic E-state index is 0.0150. The number of nitro benzene ring substituents is 1. The van der Waals surface area contributed by atoms with Crippen molar-refractivity contribution in [3.8, 4) is 0 Å². The lowest BCUT2D eigenvalue weighted by atomic mass is 10.0. The topological polar surface area (TPSA) is 81.3 Å². The van der Waals surface area contributed by atoms with Gasteiger partial charge in [0.1, 0.15) is 5.69 Å². The van der Waals surface area contributed by atoms with Crippen LogP contribution in [0.2, 0.25) is 0 Å². The van der Waals surface area contributed by atoms with Crippen molar-refractivity contribution in [2.75, 3.05) is 18.0 Å². The van der Waals surface area contributed by atoms with Gasteiger partial charge in [-0.25, -0.2) is 0 Å². The molecule has 7 heteroatoms. The van der Waals surface area contributed by atoms with Crippen molar-refractivity contribution in [2.45, 2.75) is 25.8 Å². The lowest BCUT2D eigenvalue weighted by molar-refractivity contribution is -0.384. The second-order valence-electron chi connectivity index (χ2n) is 5.74. The zero-order valence-electron chi connectivity index (χ0n) is 12.9. The van der Waals surface area contributed by atoms with E-state index in [0.717, 1.165) is 19.4 Å². The quantitative estimate of drug-likeness (QED) is 0.492. The predicted octanol–water partition coefficient (Wildman–Crippen LogP) is 2.84. The number of nitrogens with zero attached hydrogens (tertiary/aromatic N) is 4. The van der Waals surface area contributed by atoms with Crippen LogP contribution in [-0.4, -0.2) is 33.6 Å². The standard InChI is InChI=1S/C16H18N4O3/c1-12(21)13-5-6-15(16(10-13)20(22)23)18-8-2-4-14(11-18)19-9-3-7-17-19/h3,5-7,9-10,14H,2,4,8,11H2,1H3. The lowest BCUT2D eigenvalue weighted by Crippen LogP contribution is -2.37. The molecule has 1 aromatic heterocycles. The number of carbonyl (C=O) groups excluding carboxylic acids is 1. The summed E-state index contributed by atoms with van der Waals surface area (Å²) in [6.45, 7) is 2.84. The van der Waals surface area contributed by atoms with Gasteiger partial charge in [-0.3, -0.25) is 19.6 Å². The van der Waals surface area contributed by atoms with E-state index in [4.69, 9.17) is 0 Å². The maximum absolute atomic E-state index is 11.5. The minimum Gasteiger partial charge on any atom is -0.364 e. The van der Waals surface area contributed by atoms with Crippen LogP contribution in [0.15, 0.2) is 36.7 Å². The van der Waals surface area contributed by atoms with Gasteiger partial charge < -0.3 is 4.90 Å². The van der Waals surface area contributed by atoms with Crippen molar-refractivity contribution >= 4 is 17.2 Å². The first-order valence-corrected chi connectivity index (χ1v) is 7.59. The summed E-state index contributed by atoms with van der Waals surface area (Å²) >= 11 is 0. The molecule has 1 fully saturated rings. The van der Waals surface area contributed by atoms with Crippen LogP contribution in [0.25, 0.3) is 0 Å². The molecule has 1 unspecified atom stereocenters. The van der Waals surface area contributed by atoms with Gasteiger partial charge in [0.25, 0.3) is 5.69 Å². The number of benzene rings is 1. The summed E-state index contributed by atoms with van der Waals surface area (Å²) in [7, 11) is 0. The van der Waals surface area contributed by atoms with Gasteiger partial charge in [-0.2, -0.15) is 5.10 Å². The smallest absolute Gasteiger partial charge is 0.293 e. The Kier molecular flexibility index (Phi) is 4.10. The Balaban J connectivity index is 1.91. The predicted molar refractivity (Wildman–Crippen MR) is 85.8 cm³/mol. The molecule has 0 bridgehead atoms. The van der Waals surface area contributed by atoms with Crippen molar-refractivity contribution in [3.63, 3.8) is 0 Å². The van der Waals surface area contributed by atoms with E-state index < -0.39 is 4.92 Å². The Morgan fingerprint density at radius 2 is 2.26 bits per heavy atom. The molecule has 1 aromatic carbocycles. The van der Waals surface area contributed by atoms with E-state index in [2.05, 4.69) is 5.10 Å². The fourth-order valence-corrected chi connectivity index (χ4v) is 3.04. The van der Waals surface area contributed by atoms with Crippen LogP contribution in [0.5, 0.6) is 0 Å². The van der Waals surface area contributed by atoms with Gasteiger partial charge in [0.2, 0.25) is 0 Å². The number of Topliss-reactive ketones (excluding diaryl/α,β-unsaturated/α-hetero) is 1. The Morgan fingerprint density at radius 1 is 1.43 bits per heavy atom. The van der Waals surface area contributed by atoms with Crippen molar-refractivity contribution in [1.82, 2.24) is 9.78 Å². The van der Waals surface area contributed by atoms with Crippen LogP contribution in [0.3, 0.4) is 0 Å². The largest absolute Gasteiger partial charge is 0.364 e. The second-order valence-corrected chi connectivity index (χ2v) is 5.74. The monoisotopic (exact) mass is 314 g/mol. The lowest BCUT2D eigenvalue weighted by Gasteiger charge is -2.34. The molecule has 1 saturated heterocycles. The van der Waals surface area contributed by atoms with Gasteiger partial charge in [0.05, 0.1) is 11.0 Å². The summed E-state index contributed by atoms with van der Waals surface area (Å²) in [5, 5.41) is 15.7. The SMILES string of the molecule is CC(=O)c1ccc(N2CCCC(n3cccn3)C2)c([N+](=O)[O-])c1. The van der Waals surface area contributed by atoms with E-state index in [1.54, 1.807) is 18.3 Å². The molecule has 3 rings (SSSR count). The van der Waals surface area contributed by atoms with Crippen molar-refractivity contribution < 1.29 is 9.72 Å². The van der Waals surface area contributed by atoms with Crippen LogP contribution >= 0.6 is 0 Å². The molecule has 1 atom stereocenters. The van der Waals surface area contributed by atoms with E-state index >= 15 is 0 Å². The van der Waals surface area contributed by atoms with E-state index in [0.29, 0.717) is 17.8 Å². The normalized spacial score (nSPS) is 18.0. The highest BCUT2D eigenvalue weighted by atomic mass is 16.6. The van der Waals surface area contributed by atoms with Crippen LogP contribution in [0.1, 0.15) is 36.2 Å². The van der Waals surface area contributed by atoms with Gasteiger partial charge in [-0.1, -0.05) is 0 Å². The third-order valence-corrected chi connectivity index (χ3v) is 4.21. The molecule has 1 aliphatic rings. The highest BCUT2D eigenvalue weighted by Gasteiger charge is 2.27. The third-order valence-electron chi connectivity index (χ3n) is 4.21. The Bertz CT molecular complexity index is 727. The summed E-state index contributed by atoms with van der Waals surface area (Å²) in [5.41, 5.74) is 0.914. The number of piperidine rings is 1. The first-order valence-electron chi connectivity index (χ1n) is 7.59. The highest BCUT2D eigenvalue weighted by Crippen LogP contribution is 2.33. The molecule has 2 aromatic rings. The number of hydrogen-bond acceptors (Lipinski definition) is 5. The van der Waals surface area contributed by atoms with Crippen LogP contribution in [0.4, 0.5) is 11.4 Å². The van der Waals surface area contributed by atoms with Crippen molar-refractivity contribution in [2.24, 2.45) is 0 Å². The zero-order chi connectivity index (χ0) is 16.4. The summed E-state index contributed by atoms with van der Waals surface area (Å²) in [4.78, 5) is 24.5. The van der Waals surface area contributed by atoms with E-state index in [1.807, 2.05) is 21.8 Å². The van der Waals surface area contributed by atoms with Gasteiger partial charge >= 0.3 is 0 Å². The fourth-order valence-electron chi connectivity index (χ4n) is 3.04. The molecular weight excluding hydrogens is 296 g/mol. The molecule has 1 aliphatic heterocycles. The molecule has 0 amide bonds. The molecule has 0 aliphatic carbocycles. The molecule has 7 nitrogen and oxygen atoms in total. The number of anilines is 1. The van der Waals surface area contributed by atoms with Crippen molar-refractivity contribution in [1.29, 1.82) is 0 Å². The zero-order valence-corrected chi connectivity index (χ0v) is 12.9. The van der Waals surface area contributed by atoms with Gasteiger partial charge in [-0.15, -0.1) is 0 Å². The minimum atomic E-state index is -0.417. The summed E-state index contributed by atoms with van der Waals surface area (Å²) in [5.74, 6) is -0.173. The van der Waals surface area contributed by atoms with Crippen LogP contribution in [-0.2, 0) is 0 Å². The number of nitro groups is 1. The first-order chi connectivity index (χ1) is 11.1. The van der Waals surface area contributed by atoms with Gasteiger partial charge in [0.15, 0.2) is 5.78 Å². The number of hydrogen-bond donors (Lipinski definition) is 0. The third kappa shape index (κ3) is 3.08. The Labute approximate surface area is 133 Å². The molecule has 0 spiro atoms. The number of rotatable bonds is 4. The van der Waals surface area contributed by atoms with Crippen LogP contribution < -0.4 is 4.90 Å². The van der Waals surface area contributed by atoms with E-state index in [-0.39, 0.29) is 17.5 Å². The summed E-state index contributed by atoms with van der Waals surface area (Å²) in [6.07, 6.45) is 5.60. The number of carbonyl (C=O) groups is 1.